The maximum Gasteiger partial charge on any atom is 0.405 e. The number of nitrogens with one attached hydrogen (secondary N) is 5. The fourth-order valence-electron chi connectivity index (χ4n) is 7.02. The number of oxazole rings is 1. The molecule has 0 saturated carbocycles. The third-order valence-electron chi connectivity index (χ3n) is 10.2. The number of amides is 6. The van der Waals surface area contributed by atoms with Crippen molar-refractivity contribution < 1.29 is 55.8 Å². The van der Waals surface area contributed by atoms with Crippen LogP contribution in [0.4, 0.5) is 30.4 Å². The van der Waals surface area contributed by atoms with Gasteiger partial charge in [-0.3, -0.25) is 39.0 Å². The molecule has 6 amide bonds. The second-order valence-electron chi connectivity index (χ2n) is 14.8. The van der Waals surface area contributed by atoms with Gasteiger partial charge in [-0.1, -0.05) is 18.2 Å². The smallest absolute Gasteiger partial charge is 0.405 e. The highest BCUT2D eigenvalue weighted by Crippen LogP contribution is 2.32. The molecule has 0 spiro atoms. The lowest BCUT2D eigenvalue weighted by Crippen LogP contribution is -2.54. The number of fused-ring (bicyclic) bond motifs is 1. The number of halogens is 3. The predicted octanol–water partition coefficient (Wildman–Crippen LogP) is 4.38. The lowest BCUT2D eigenvalue weighted by atomic mass is 10.0. The van der Waals surface area contributed by atoms with E-state index in [0.29, 0.717) is 44.3 Å². The molecule has 0 aliphatic carbocycles. The molecule has 5 heterocycles. The summed E-state index contributed by atoms with van der Waals surface area (Å²) in [5.41, 5.74) is 2.69. The Kier molecular flexibility index (Phi) is 14.3. The van der Waals surface area contributed by atoms with Crippen LogP contribution in [0, 0.1) is 0 Å². The molecule has 5 N–H and O–H groups in total. The Hall–Kier alpha value is -7.46. The first-order valence-corrected chi connectivity index (χ1v) is 20.5. The van der Waals surface area contributed by atoms with Crippen LogP contribution in [0.2, 0.25) is 0 Å². The summed E-state index contributed by atoms with van der Waals surface area (Å²) in [6, 6.07) is 14.1. The Morgan fingerprint density at radius 1 is 0.923 bits per heavy atom. The number of anilines is 3. The van der Waals surface area contributed by atoms with E-state index in [1.807, 2.05) is 24.3 Å². The highest BCUT2D eigenvalue weighted by molar-refractivity contribution is 6.25. The van der Waals surface area contributed by atoms with Gasteiger partial charge in [0.2, 0.25) is 17.7 Å². The van der Waals surface area contributed by atoms with Gasteiger partial charge in [0, 0.05) is 44.1 Å². The number of alkyl halides is 3. The standard InChI is InChI=1S/C43H43F3N10O9/c1-47-39(60)36-30(51-37(58)31-23-65-40(52-31)26-14-15-49-33(21-26)50-24-43(44,45)46)22-55(54-36)27-10-8-25(9-11-27)5-2-3-17-63-19-20-64-18-16-48-29-7-4-6-28-35(29)42(62)56(41(28)61)32-12-13-34(57)53-38(32)59/h4,6-11,14-15,21-23,32,48H,2-3,5,12-13,16-20,24H2,1H3,(H,47,60)(H,49,50)(H,51,58)(H,53,57,59). The van der Waals surface area contributed by atoms with E-state index < -0.39 is 54.2 Å². The molecule has 0 bridgehead atoms. The van der Waals surface area contributed by atoms with Crippen LogP contribution in [0.25, 0.3) is 17.1 Å². The van der Waals surface area contributed by atoms with Crippen LogP contribution >= 0.6 is 0 Å². The van der Waals surface area contributed by atoms with Crippen LogP contribution in [0.15, 0.2) is 77.7 Å². The van der Waals surface area contributed by atoms with Crippen LogP contribution in [0.1, 0.15) is 72.9 Å². The van der Waals surface area contributed by atoms with Gasteiger partial charge in [0.25, 0.3) is 23.6 Å². The summed E-state index contributed by atoms with van der Waals surface area (Å²) in [6.07, 6.45) is 1.95. The van der Waals surface area contributed by atoms with E-state index in [0.717, 1.165) is 36.0 Å². The molecule has 5 aromatic rings. The molecule has 7 rings (SSSR count). The molecule has 1 unspecified atom stereocenters. The Labute approximate surface area is 368 Å². The van der Waals surface area contributed by atoms with E-state index in [9.17, 15) is 41.9 Å². The summed E-state index contributed by atoms with van der Waals surface area (Å²) < 4.78 is 56.2. The second-order valence-corrected chi connectivity index (χ2v) is 14.8. The lowest BCUT2D eigenvalue weighted by molar-refractivity contribution is -0.136. The Morgan fingerprint density at radius 3 is 2.46 bits per heavy atom. The molecule has 22 heteroatoms. The van der Waals surface area contributed by atoms with Crippen molar-refractivity contribution in [3.63, 3.8) is 0 Å². The number of carbonyl (C=O) groups excluding carboxylic acids is 6. The van der Waals surface area contributed by atoms with Crippen molar-refractivity contribution >= 4 is 52.6 Å². The number of piperidine rings is 1. The second kappa shape index (κ2) is 20.4. The first-order valence-electron chi connectivity index (χ1n) is 20.5. The van der Waals surface area contributed by atoms with Gasteiger partial charge in [0.1, 0.15) is 24.7 Å². The third kappa shape index (κ3) is 11.2. The van der Waals surface area contributed by atoms with E-state index in [2.05, 4.69) is 41.7 Å². The summed E-state index contributed by atoms with van der Waals surface area (Å²) in [4.78, 5) is 85.1. The Morgan fingerprint density at radius 2 is 1.71 bits per heavy atom. The number of imide groups is 2. The van der Waals surface area contributed by atoms with Crippen molar-refractivity contribution in [2.75, 3.05) is 62.5 Å². The fraction of sp³-hybridized carbons (Fsp3) is 0.326. The maximum atomic E-state index is 13.2. The zero-order valence-corrected chi connectivity index (χ0v) is 34.8. The van der Waals surface area contributed by atoms with Crippen molar-refractivity contribution in [2.45, 2.75) is 44.3 Å². The van der Waals surface area contributed by atoms with E-state index in [1.54, 1.807) is 12.1 Å². The van der Waals surface area contributed by atoms with Gasteiger partial charge in [0.15, 0.2) is 11.4 Å². The number of aryl methyl sites for hydroxylation is 1. The minimum Gasteiger partial charge on any atom is -0.444 e. The summed E-state index contributed by atoms with van der Waals surface area (Å²) in [6.45, 7) is 0.638. The molecule has 1 fully saturated rings. The van der Waals surface area contributed by atoms with Gasteiger partial charge >= 0.3 is 6.18 Å². The third-order valence-corrected chi connectivity index (χ3v) is 10.2. The van der Waals surface area contributed by atoms with Crippen molar-refractivity contribution in [2.24, 2.45) is 0 Å². The predicted molar refractivity (Wildman–Crippen MR) is 225 cm³/mol. The zero-order chi connectivity index (χ0) is 46.1. The number of unbranched alkanes of at least 4 members (excludes halogenated alkanes) is 1. The molecule has 2 aliphatic rings. The molecule has 19 nitrogen and oxygen atoms in total. The van der Waals surface area contributed by atoms with Gasteiger partial charge in [0.05, 0.1) is 48.5 Å². The molecule has 65 heavy (non-hydrogen) atoms. The number of nitrogens with zero attached hydrogens (tertiary/aromatic N) is 5. The summed E-state index contributed by atoms with van der Waals surface area (Å²) in [7, 11) is 1.42. The average molecular weight is 901 g/mol. The largest absolute Gasteiger partial charge is 0.444 e. The topological polar surface area (TPSA) is 241 Å². The molecule has 0 radical (unpaired) electrons. The number of pyridine rings is 1. The molecular formula is C43H43F3N10O9. The highest BCUT2D eigenvalue weighted by Gasteiger charge is 2.45. The minimum absolute atomic E-state index is 0.0334. The van der Waals surface area contributed by atoms with Gasteiger partial charge in [-0.2, -0.15) is 18.3 Å². The molecule has 1 atom stereocenters. The van der Waals surface area contributed by atoms with Crippen molar-refractivity contribution in [1.29, 1.82) is 0 Å². The van der Waals surface area contributed by atoms with Gasteiger partial charge in [-0.15, -0.1) is 0 Å². The maximum absolute atomic E-state index is 13.2. The molecule has 1 saturated heterocycles. The van der Waals surface area contributed by atoms with E-state index in [1.165, 1.54) is 42.3 Å². The molecule has 3 aromatic heterocycles. The van der Waals surface area contributed by atoms with E-state index in [-0.39, 0.29) is 58.3 Å². The van der Waals surface area contributed by atoms with Gasteiger partial charge in [-0.05, 0) is 67.6 Å². The normalized spacial score (nSPS) is 14.9. The van der Waals surface area contributed by atoms with Crippen LogP contribution in [0.3, 0.4) is 0 Å². The minimum atomic E-state index is -4.45. The van der Waals surface area contributed by atoms with Gasteiger partial charge < -0.3 is 35.2 Å². The number of hydrogen-bond donors (Lipinski definition) is 5. The van der Waals surface area contributed by atoms with E-state index >= 15 is 0 Å². The quantitative estimate of drug-likeness (QED) is 0.0539. The number of ether oxygens (including phenoxy) is 2. The molecule has 2 aromatic carbocycles. The van der Waals surface area contributed by atoms with Crippen molar-refractivity contribution in [3.05, 3.63) is 101 Å². The summed E-state index contributed by atoms with van der Waals surface area (Å²) in [5, 5.41) is 17.0. The first kappa shape index (κ1) is 45.6. The summed E-state index contributed by atoms with van der Waals surface area (Å²) >= 11 is 0. The summed E-state index contributed by atoms with van der Waals surface area (Å²) in [5.74, 6) is -3.63. The number of carbonyl (C=O) groups is 6. The van der Waals surface area contributed by atoms with Crippen LogP contribution in [0.5, 0.6) is 0 Å². The molecule has 2 aliphatic heterocycles. The van der Waals surface area contributed by atoms with E-state index in [4.69, 9.17) is 13.9 Å². The zero-order valence-electron chi connectivity index (χ0n) is 34.8. The van der Waals surface area contributed by atoms with Crippen LogP contribution in [-0.2, 0) is 25.5 Å². The fourth-order valence-corrected chi connectivity index (χ4v) is 7.02. The first-order chi connectivity index (χ1) is 31.3. The van der Waals surface area contributed by atoms with Crippen molar-refractivity contribution in [1.82, 2.24) is 35.3 Å². The Bertz CT molecular complexity index is 2580. The number of rotatable bonds is 20. The highest BCUT2D eigenvalue weighted by atomic mass is 19.4. The van der Waals surface area contributed by atoms with Crippen LogP contribution in [-0.4, -0.2) is 119 Å². The SMILES string of the molecule is CNC(=O)c1nn(-c2ccc(CCCCOCCOCCNc3cccc4c3C(=O)N(C3CCC(=O)NC3=O)C4=O)cc2)cc1NC(=O)c1coc(-c2ccnc(NCC(F)(F)F)c2)n1. The van der Waals surface area contributed by atoms with Crippen molar-refractivity contribution in [3.8, 4) is 17.1 Å². The number of hydrogen-bond acceptors (Lipinski definition) is 14. The lowest BCUT2D eigenvalue weighted by Gasteiger charge is -2.27. The average Bonchev–Trinajstić information content (AvgIpc) is 4.02. The molecule has 340 valence electrons. The monoisotopic (exact) mass is 900 g/mol. The van der Waals surface area contributed by atoms with Crippen LogP contribution < -0.4 is 26.6 Å². The van der Waals surface area contributed by atoms with Gasteiger partial charge in [-0.25, -0.2) is 14.6 Å². The number of aromatic nitrogens is 4. The Balaban J connectivity index is 0.813. The molecular weight excluding hydrogens is 858 g/mol. The number of benzene rings is 2.